The molecule has 0 saturated heterocycles. The fourth-order valence-corrected chi connectivity index (χ4v) is 4.84. The number of thiophene rings is 1. The molecule has 1 amide bonds. The van der Waals surface area contributed by atoms with Gasteiger partial charge in [0.05, 0.1) is 17.6 Å². The van der Waals surface area contributed by atoms with E-state index in [1.165, 1.54) is 11.3 Å². The number of nitrogens with two attached hydrogens (primary N) is 1. The Labute approximate surface area is 170 Å². The van der Waals surface area contributed by atoms with E-state index in [0.29, 0.717) is 21.9 Å². The number of aryl methyl sites for hydroxylation is 1. The van der Waals surface area contributed by atoms with Crippen molar-refractivity contribution >= 4 is 44.5 Å². The fourth-order valence-electron chi connectivity index (χ4n) is 3.82. The molecule has 7 nitrogen and oxygen atoms in total. The molecule has 1 aliphatic carbocycles. The number of carbonyl (C=O) groups excluding carboxylic acids is 1. The Morgan fingerprint density at radius 2 is 1.97 bits per heavy atom. The van der Waals surface area contributed by atoms with Gasteiger partial charge in [-0.15, -0.1) is 11.3 Å². The van der Waals surface area contributed by atoms with Crippen LogP contribution in [0.2, 0.25) is 0 Å². The Morgan fingerprint density at radius 1 is 1.17 bits per heavy atom. The van der Waals surface area contributed by atoms with Crippen molar-refractivity contribution in [2.75, 3.05) is 16.5 Å². The minimum Gasteiger partial charge on any atom is -0.464 e. The molecule has 29 heavy (non-hydrogen) atoms. The van der Waals surface area contributed by atoms with E-state index in [2.05, 4.69) is 10.8 Å². The van der Waals surface area contributed by atoms with Gasteiger partial charge in [0.2, 0.25) is 0 Å². The first-order chi connectivity index (χ1) is 14.2. The molecule has 0 fully saturated rings. The van der Waals surface area contributed by atoms with E-state index in [9.17, 15) is 4.79 Å². The highest BCUT2D eigenvalue weighted by Crippen LogP contribution is 2.44. The first kappa shape index (κ1) is 17.7. The molecule has 0 atom stereocenters. The van der Waals surface area contributed by atoms with Crippen molar-refractivity contribution in [3.05, 3.63) is 58.8 Å². The number of nitrogen functional groups attached to an aromatic ring is 1. The van der Waals surface area contributed by atoms with Crippen LogP contribution in [0.15, 0.2) is 47.1 Å². The van der Waals surface area contributed by atoms with E-state index < -0.39 is 0 Å². The van der Waals surface area contributed by atoms with Crippen molar-refractivity contribution in [3.63, 3.8) is 0 Å². The average Bonchev–Trinajstić information content (AvgIpc) is 3.47. The third-order valence-electron chi connectivity index (χ3n) is 5.15. The molecule has 146 valence electrons. The zero-order chi connectivity index (χ0) is 20.0. The van der Waals surface area contributed by atoms with Crippen molar-refractivity contribution < 1.29 is 14.4 Å². The van der Waals surface area contributed by atoms with Gasteiger partial charge in [-0.3, -0.25) is 15.5 Å². The lowest BCUT2D eigenvalue weighted by Crippen LogP contribution is -2.12. The molecule has 3 heterocycles. The van der Waals surface area contributed by atoms with Crippen LogP contribution < -0.4 is 16.5 Å². The first-order valence-electron chi connectivity index (χ1n) is 9.25. The van der Waals surface area contributed by atoms with Crippen LogP contribution in [0.4, 0.5) is 17.1 Å². The third-order valence-corrected chi connectivity index (χ3v) is 6.25. The number of amides is 1. The van der Waals surface area contributed by atoms with E-state index in [4.69, 9.17) is 20.3 Å². The second-order valence-corrected chi connectivity index (χ2v) is 7.91. The molecular weight excluding hydrogens is 388 g/mol. The Hall–Kier alpha value is -3.36. The van der Waals surface area contributed by atoms with Crippen molar-refractivity contribution in [1.29, 1.82) is 0 Å². The summed E-state index contributed by atoms with van der Waals surface area (Å²) in [6, 6.07) is 10.5. The van der Waals surface area contributed by atoms with Gasteiger partial charge >= 0.3 is 0 Å². The van der Waals surface area contributed by atoms with Gasteiger partial charge < -0.3 is 15.5 Å². The molecule has 1 aromatic carbocycles. The topological polar surface area (TPSA) is 113 Å². The van der Waals surface area contributed by atoms with Gasteiger partial charge in [0.1, 0.15) is 15.5 Å². The zero-order valence-corrected chi connectivity index (χ0v) is 16.2. The molecule has 8 heteroatoms. The van der Waals surface area contributed by atoms with Crippen molar-refractivity contribution in [2.45, 2.75) is 19.3 Å². The second-order valence-electron chi connectivity index (χ2n) is 6.91. The molecule has 0 aliphatic heterocycles. The van der Waals surface area contributed by atoms with Crippen LogP contribution in [0.25, 0.3) is 21.5 Å². The third kappa shape index (κ3) is 2.93. The molecule has 0 bridgehead atoms. The van der Waals surface area contributed by atoms with Gasteiger partial charge in [0.25, 0.3) is 5.91 Å². The number of nitrogens with zero attached hydrogens (tertiary/aromatic N) is 1. The number of carbonyl (C=O) groups is 1. The van der Waals surface area contributed by atoms with Gasteiger partial charge in [-0.05, 0) is 61.2 Å². The highest BCUT2D eigenvalue weighted by molar-refractivity contribution is 7.21. The van der Waals surface area contributed by atoms with E-state index >= 15 is 0 Å². The van der Waals surface area contributed by atoms with E-state index in [1.54, 1.807) is 30.5 Å². The summed E-state index contributed by atoms with van der Waals surface area (Å²) in [6.45, 7) is 0. The van der Waals surface area contributed by atoms with Crippen LogP contribution in [0.1, 0.15) is 27.3 Å². The summed E-state index contributed by atoms with van der Waals surface area (Å²) in [5, 5.41) is 12.6. The first-order valence-corrected chi connectivity index (χ1v) is 10.1. The zero-order valence-electron chi connectivity index (χ0n) is 15.4. The number of pyridine rings is 1. The van der Waals surface area contributed by atoms with Gasteiger partial charge in [-0.25, -0.2) is 4.98 Å². The standard InChI is InChI=1S/C21H18N4O3S/c22-18-17-16(15-5-2-10-28-15)13-3-1-4-14(13)24-21(17)29-19(18)20(26)23-11-6-8-12(25-27)9-7-11/h2,5-10,25,27H,1,3-4,22H2,(H,23,26). The molecule has 0 spiro atoms. The number of hydrogen-bond donors (Lipinski definition) is 4. The fraction of sp³-hybridized carbons (Fsp3) is 0.143. The molecule has 0 unspecified atom stereocenters. The van der Waals surface area contributed by atoms with Crippen LogP contribution in [-0.2, 0) is 12.8 Å². The Bertz CT molecular complexity index is 1210. The molecule has 3 aromatic heterocycles. The van der Waals surface area contributed by atoms with Crippen LogP contribution >= 0.6 is 11.3 Å². The number of furan rings is 1. The summed E-state index contributed by atoms with van der Waals surface area (Å²) in [7, 11) is 0. The van der Waals surface area contributed by atoms with Crippen LogP contribution in [0, 0.1) is 0 Å². The Balaban J connectivity index is 1.60. The maximum Gasteiger partial charge on any atom is 0.267 e. The number of anilines is 3. The molecule has 5 rings (SSSR count). The molecule has 5 N–H and O–H groups in total. The lowest BCUT2D eigenvalue weighted by Gasteiger charge is -2.09. The monoisotopic (exact) mass is 406 g/mol. The van der Waals surface area contributed by atoms with Crippen molar-refractivity contribution in [2.24, 2.45) is 0 Å². The normalized spacial score (nSPS) is 12.9. The summed E-state index contributed by atoms with van der Waals surface area (Å²) in [5.74, 6) is 0.458. The van der Waals surface area contributed by atoms with Gasteiger partial charge in [0.15, 0.2) is 0 Å². The SMILES string of the molecule is Nc1c(C(=O)Nc2ccc(NO)cc2)sc2nc3c(c(-c4ccco4)c12)CCC3. The van der Waals surface area contributed by atoms with Gasteiger partial charge in [-0.2, -0.15) is 0 Å². The van der Waals surface area contributed by atoms with Crippen LogP contribution in [-0.4, -0.2) is 16.1 Å². The lowest BCUT2D eigenvalue weighted by atomic mass is 10.0. The number of aromatic nitrogens is 1. The highest BCUT2D eigenvalue weighted by atomic mass is 32.1. The Kier molecular flexibility index (Phi) is 4.22. The minimum absolute atomic E-state index is 0.291. The molecule has 0 radical (unpaired) electrons. The minimum atomic E-state index is -0.291. The number of hydrogen-bond acceptors (Lipinski definition) is 7. The molecule has 4 aromatic rings. The van der Waals surface area contributed by atoms with Crippen LogP contribution in [0.3, 0.4) is 0 Å². The second kappa shape index (κ2) is 6.91. The summed E-state index contributed by atoms with van der Waals surface area (Å²) in [5.41, 5.74) is 13.3. The number of rotatable bonds is 4. The number of benzene rings is 1. The van der Waals surface area contributed by atoms with E-state index in [1.807, 2.05) is 12.1 Å². The number of nitrogens with one attached hydrogen (secondary N) is 2. The van der Waals surface area contributed by atoms with Crippen molar-refractivity contribution in [3.8, 4) is 11.3 Å². The summed E-state index contributed by atoms with van der Waals surface area (Å²) in [4.78, 5) is 18.9. The number of fused-ring (bicyclic) bond motifs is 2. The van der Waals surface area contributed by atoms with Crippen molar-refractivity contribution in [1.82, 2.24) is 4.98 Å². The van der Waals surface area contributed by atoms with Crippen LogP contribution in [0.5, 0.6) is 0 Å². The highest BCUT2D eigenvalue weighted by Gasteiger charge is 2.27. The largest absolute Gasteiger partial charge is 0.464 e. The molecular formula is C21H18N4O3S. The van der Waals surface area contributed by atoms with E-state index in [0.717, 1.165) is 52.1 Å². The predicted octanol–water partition coefficient (Wildman–Crippen LogP) is 4.68. The van der Waals surface area contributed by atoms with E-state index in [-0.39, 0.29) is 5.91 Å². The summed E-state index contributed by atoms with van der Waals surface area (Å²) < 4.78 is 5.69. The maximum absolute atomic E-state index is 12.9. The van der Waals surface area contributed by atoms with Gasteiger partial charge in [0, 0.05) is 22.3 Å². The predicted molar refractivity (Wildman–Crippen MR) is 114 cm³/mol. The quantitative estimate of drug-likeness (QED) is 0.366. The Morgan fingerprint density at radius 3 is 2.69 bits per heavy atom. The smallest absolute Gasteiger partial charge is 0.267 e. The maximum atomic E-state index is 12.9. The van der Waals surface area contributed by atoms with Gasteiger partial charge in [-0.1, -0.05) is 0 Å². The molecule has 1 aliphatic rings. The average molecular weight is 406 g/mol. The lowest BCUT2D eigenvalue weighted by molar-refractivity contribution is 0.103. The summed E-state index contributed by atoms with van der Waals surface area (Å²) >= 11 is 1.29. The molecule has 0 saturated carbocycles. The summed E-state index contributed by atoms with van der Waals surface area (Å²) in [6.07, 6.45) is 4.54.